The molecule has 1 aromatic carbocycles. The van der Waals surface area contributed by atoms with Crippen LogP contribution < -0.4 is 5.73 Å². The molecule has 3 nitrogen and oxygen atoms in total. The maximum absolute atomic E-state index is 6.34. The van der Waals surface area contributed by atoms with Gasteiger partial charge in [-0.1, -0.05) is 35.0 Å². The molecule has 0 aliphatic heterocycles. The van der Waals surface area contributed by atoms with Crippen LogP contribution in [0.5, 0.6) is 0 Å². The zero-order chi connectivity index (χ0) is 14.5. The van der Waals surface area contributed by atoms with Gasteiger partial charge in [0.05, 0.1) is 12.5 Å². The van der Waals surface area contributed by atoms with Gasteiger partial charge in [0.15, 0.2) is 0 Å². The van der Waals surface area contributed by atoms with Gasteiger partial charge in [-0.15, -0.1) is 0 Å². The Kier molecular flexibility index (Phi) is 5.40. The van der Waals surface area contributed by atoms with Crippen molar-refractivity contribution >= 4 is 15.9 Å². The summed E-state index contributed by atoms with van der Waals surface area (Å²) in [4.78, 5) is 2.28. The van der Waals surface area contributed by atoms with Crippen molar-refractivity contribution < 1.29 is 4.42 Å². The SMILES string of the molecule is CCC(N)C(c1ccc(Br)cc1)N(C)Cc1ccoc1. The molecule has 1 heterocycles. The van der Waals surface area contributed by atoms with Gasteiger partial charge in [0.2, 0.25) is 0 Å². The van der Waals surface area contributed by atoms with Crippen molar-refractivity contribution in [2.24, 2.45) is 5.73 Å². The van der Waals surface area contributed by atoms with Crippen LogP contribution in [0, 0.1) is 0 Å². The molecule has 20 heavy (non-hydrogen) atoms. The van der Waals surface area contributed by atoms with Gasteiger partial charge in [0.1, 0.15) is 0 Å². The lowest BCUT2D eigenvalue weighted by Crippen LogP contribution is -2.38. The minimum absolute atomic E-state index is 0.105. The van der Waals surface area contributed by atoms with E-state index in [0.29, 0.717) is 0 Å². The molecule has 4 heteroatoms. The zero-order valence-corrected chi connectivity index (χ0v) is 13.5. The highest BCUT2D eigenvalue weighted by molar-refractivity contribution is 9.10. The molecular weight excluding hydrogens is 316 g/mol. The fourth-order valence-electron chi connectivity index (χ4n) is 2.48. The van der Waals surface area contributed by atoms with E-state index in [9.17, 15) is 0 Å². The number of rotatable bonds is 6. The number of halogens is 1. The second-order valence-electron chi connectivity index (χ2n) is 5.12. The fraction of sp³-hybridized carbons (Fsp3) is 0.375. The summed E-state index contributed by atoms with van der Waals surface area (Å²) in [6.07, 6.45) is 4.43. The smallest absolute Gasteiger partial charge is 0.0947 e. The maximum Gasteiger partial charge on any atom is 0.0947 e. The van der Waals surface area contributed by atoms with Crippen molar-refractivity contribution in [3.05, 3.63) is 58.5 Å². The van der Waals surface area contributed by atoms with Gasteiger partial charge in [-0.2, -0.15) is 0 Å². The van der Waals surface area contributed by atoms with Crippen LogP contribution in [0.2, 0.25) is 0 Å². The zero-order valence-electron chi connectivity index (χ0n) is 11.9. The minimum atomic E-state index is 0.105. The van der Waals surface area contributed by atoms with Gasteiger partial charge in [0, 0.05) is 28.7 Å². The highest BCUT2D eigenvalue weighted by atomic mass is 79.9. The minimum Gasteiger partial charge on any atom is -0.472 e. The topological polar surface area (TPSA) is 42.4 Å². The quantitative estimate of drug-likeness (QED) is 0.868. The molecular formula is C16H21BrN2O. The summed E-state index contributed by atoms with van der Waals surface area (Å²) >= 11 is 3.48. The number of nitrogens with zero attached hydrogens (tertiary/aromatic N) is 1. The lowest BCUT2D eigenvalue weighted by Gasteiger charge is -2.32. The van der Waals surface area contributed by atoms with Crippen LogP contribution in [0.4, 0.5) is 0 Å². The molecule has 0 aliphatic rings. The van der Waals surface area contributed by atoms with Crippen molar-refractivity contribution in [3.63, 3.8) is 0 Å². The molecule has 0 amide bonds. The van der Waals surface area contributed by atoms with Gasteiger partial charge in [-0.25, -0.2) is 0 Å². The van der Waals surface area contributed by atoms with Crippen LogP contribution in [0.15, 0.2) is 51.7 Å². The lowest BCUT2D eigenvalue weighted by atomic mass is 9.96. The van der Waals surface area contributed by atoms with Crippen LogP contribution in [0.1, 0.15) is 30.5 Å². The van der Waals surface area contributed by atoms with E-state index >= 15 is 0 Å². The Morgan fingerprint density at radius 1 is 1.25 bits per heavy atom. The molecule has 0 bridgehead atoms. The van der Waals surface area contributed by atoms with Crippen molar-refractivity contribution in [1.29, 1.82) is 0 Å². The number of hydrogen-bond donors (Lipinski definition) is 1. The van der Waals surface area contributed by atoms with E-state index in [1.165, 1.54) is 5.56 Å². The summed E-state index contributed by atoms with van der Waals surface area (Å²) < 4.78 is 6.22. The van der Waals surface area contributed by atoms with E-state index in [2.05, 4.69) is 59.1 Å². The lowest BCUT2D eigenvalue weighted by molar-refractivity contribution is 0.201. The predicted molar refractivity (Wildman–Crippen MR) is 85.3 cm³/mol. The number of benzene rings is 1. The summed E-state index contributed by atoms with van der Waals surface area (Å²) in [7, 11) is 2.11. The Morgan fingerprint density at radius 3 is 2.50 bits per heavy atom. The van der Waals surface area contributed by atoms with E-state index in [4.69, 9.17) is 10.2 Å². The second-order valence-corrected chi connectivity index (χ2v) is 6.03. The summed E-state index contributed by atoms with van der Waals surface area (Å²) in [6, 6.07) is 10.7. The predicted octanol–water partition coefficient (Wildman–Crippen LogP) is 3.95. The van der Waals surface area contributed by atoms with Crippen LogP contribution in [0.25, 0.3) is 0 Å². The standard InChI is InChI=1S/C16H21BrN2O/c1-3-15(18)16(13-4-6-14(17)7-5-13)19(2)10-12-8-9-20-11-12/h4-9,11,15-16H,3,10,18H2,1-2H3. The van der Waals surface area contributed by atoms with Gasteiger partial charge in [0.25, 0.3) is 0 Å². The maximum atomic E-state index is 6.34. The van der Waals surface area contributed by atoms with Crippen molar-refractivity contribution in [2.45, 2.75) is 32.0 Å². The largest absolute Gasteiger partial charge is 0.472 e. The van der Waals surface area contributed by atoms with E-state index in [1.807, 2.05) is 6.07 Å². The number of furan rings is 1. The first-order valence-electron chi connectivity index (χ1n) is 6.84. The molecule has 2 rings (SSSR count). The number of hydrogen-bond acceptors (Lipinski definition) is 3. The average molecular weight is 337 g/mol. The molecule has 1 aromatic heterocycles. The third kappa shape index (κ3) is 3.72. The van der Waals surface area contributed by atoms with E-state index in [1.54, 1.807) is 12.5 Å². The molecule has 2 N–H and O–H groups in total. The van der Waals surface area contributed by atoms with Gasteiger partial charge in [-0.3, -0.25) is 4.90 Å². The van der Waals surface area contributed by atoms with Gasteiger partial charge in [-0.05, 0) is 37.2 Å². The molecule has 108 valence electrons. The Hall–Kier alpha value is -1.10. The first-order valence-corrected chi connectivity index (χ1v) is 7.63. The number of nitrogens with two attached hydrogens (primary N) is 1. The van der Waals surface area contributed by atoms with E-state index in [0.717, 1.165) is 23.0 Å². The Labute approximate surface area is 128 Å². The third-order valence-electron chi connectivity index (χ3n) is 3.58. The van der Waals surface area contributed by atoms with Gasteiger partial charge >= 0.3 is 0 Å². The van der Waals surface area contributed by atoms with E-state index in [-0.39, 0.29) is 12.1 Å². The molecule has 2 atom stereocenters. The second kappa shape index (κ2) is 7.07. The molecule has 0 radical (unpaired) electrons. The first kappa shape index (κ1) is 15.3. The monoisotopic (exact) mass is 336 g/mol. The Morgan fingerprint density at radius 2 is 1.95 bits per heavy atom. The Bertz CT molecular complexity index is 510. The van der Waals surface area contributed by atoms with Crippen molar-refractivity contribution in [1.82, 2.24) is 4.90 Å². The van der Waals surface area contributed by atoms with E-state index < -0.39 is 0 Å². The average Bonchev–Trinajstić information content (AvgIpc) is 2.94. The molecule has 0 fully saturated rings. The van der Waals surface area contributed by atoms with Crippen LogP contribution >= 0.6 is 15.9 Å². The van der Waals surface area contributed by atoms with Gasteiger partial charge < -0.3 is 10.2 Å². The first-order chi connectivity index (χ1) is 9.61. The van der Waals surface area contributed by atoms with Crippen LogP contribution in [-0.4, -0.2) is 18.0 Å². The Balaban J connectivity index is 2.20. The van der Waals surface area contributed by atoms with Crippen LogP contribution in [-0.2, 0) is 6.54 Å². The summed E-state index contributed by atoms with van der Waals surface area (Å²) in [5, 5.41) is 0. The summed E-state index contributed by atoms with van der Waals surface area (Å²) in [6.45, 7) is 2.95. The summed E-state index contributed by atoms with van der Waals surface area (Å²) in [5.41, 5.74) is 8.75. The van der Waals surface area contributed by atoms with Crippen molar-refractivity contribution in [3.8, 4) is 0 Å². The summed E-state index contributed by atoms with van der Waals surface area (Å²) in [5.74, 6) is 0. The molecule has 2 aromatic rings. The highest BCUT2D eigenvalue weighted by Crippen LogP contribution is 2.26. The fourth-order valence-corrected chi connectivity index (χ4v) is 2.75. The third-order valence-corrected chi connectivity index (χ3v) is 4.10. The normalized spacial score (nSPS) is 14.4. The van der Waals surface area contributed by atoms with Crippen molar-refractivity contribution in [2.75, 3.05) is 7.05 Å². The number of likely N-dealkylation sites (N-methyl/N-ethyl adjacent to an activating group) is 1. The molecule has 0 saturated carbocycles. The van der Waals surface area contributed by atoms with Crippen LogP contribution in [0.3, 0.4) is 0 Å². The highest BCUT2D eigenvalue weighted by Gasteiger charge is 2.23. The molecule has 0 aliphatic carbocycles. The molecule has 0 spiro atoms. The molecule has 2 unspecified atom stereocenters. The molecule has 0 saturated heterocycles.